The molecule has 3 heteroatoms. The van der Waals surface area contributed by atoms with Gasteiger partial charge in [0, 0.05) is 18.7 Å². The minimum Gasteiger partial charge on any atom is -0.508 e. The van der Waals surface area contributed by atoms with Crippen molar-refractivity contribution in [3.63, 3.8) is 0 Å². The third kappa shape index (κ3) is 3.48. The number of methoxy groups -OCH3 is 1. The van der Waals surface area contributed by atoms with Gasteiger partial charge in [0.25, 0.3) is 0 Å². The molecule has 3 nitrogen and oxygen atoms in total. The molecule has 100 valence electrons. The Labute approximate surface area is 113 Å². The summed E-state index contributed by atoms with van der Waals surface area (Å²) in [5.74, 6) is 1.23. The van der Waals surface area contributed by atoms with Gasteiger partial charge < -0.3 is 15.2 Å². The number of aromatic hydroxyl groups is 1. The first kappa shape index (κ1) is 13.4. The Morgan fingerprint density at radius 3 is 2.63 bits per heavy atom. The van der Waals surface area contributed by atoms with E-state index in [4.69, 9.17) is 4.74 Å². The highest BCUT2D eigenvalue weighted by atomic mass is 16.5. The topological polar surface area (TPSA) is 41.5 Å². The molecule has 19 heavy (non-hydrogen) atoms. The van der Waals surface area contributed by atoms with Crippen LogP contribution in [-0.4, -0.2) is 12.2 Å². The molecule has 0 aliphatic heterocycles. The second-order valence-electron chi connectivity index (χ2n) is 4.54. The summed E-state index contributed by atoms with van der Waals surface area (Å²) >= 11 is 0. The summed E-state index contributed by atoms with van der Waals surface area (Å²) in [7, 11) is 1.70. The summed E-state index contributed by atoms with van der Waals surface area (Å²) in [6.07, 6.45) is 0. The third-order valence-electron chi connectivity index (χ3n) is 3.05. The number of benzene rings is 2. The highest BCUT2D eigenvalue weighted by molar-refractivity contribution is 5.40. The predicted molar refractivity (Wildman–Crippen MR) is 76.4 cm³/mol. The number of phenols is 1. The average molecular weight is 257 g/mol. The van der Waals surface area contributed by atoms with Crippen molar-refractivity contribution in [2.75, 3.05) is 7.11 Å². The van der Waals surface area contributed by atoms with E-state index in [1.165, 1.54) is 0 Å². The van der Waals surface area contributed by atoms with Crippen molar-refractivity contribution < 1.29 is 9.84 Å². The van der Waals surface area contributed by atoms with Crippen molar-refractivity contribution in [1.82, 2.24) is 5.32 Å². The number of ether oxygens (including phenoxy) is 1. The lowest BCUT2D eigenvalue weighted by Gasteiger charge is -2.12. The van der Waals surface area contributed by atoms with Gasteiger partial charge in [0.1, 0.15) is 11.5 Å². The van der Waals surface area contributed by atoms with Crippen LogP contribution in [0.3, 0.4) is 0 Å². The van der Waals surface area contributed by atoms with Gasteiger partial charge in [-0.2, -0.15) is 0 Å². The maximum Gasteiger partial charge on any atom is 0.126 e. The molecule has 0 saturated carbocycles. The van der Waals surface area contributed by atoms with E-state index in [9.17, 15) is 5.11 Å². The molecule has 0 unspecified atom stereocenters. The van der Waals surface area contributed by atoms with E-state index in [2.05, 4.69) is 11.4 Å². The first-order valence-corrected chi connectivity index (χ1v) is 6.32. The molecule has 0 amide bonds. The third-order valence-corrected chi connectivity index (χ3v) is 3.05. The standard InChI is InChI=1S/C16H19NO2/c1-12-5-3-7-14(16(12)19-2)11-17-10-13-6-4-8-15(18)9-13/h3-9,17-18H,10-11H2,1-2H3. The molecule has 0 bridgehead atoms. The summed E-state index contributed by atoms with van der Waals surface area (Å²) in [4.78, 5) is 0. The van der Waals surface area contributed by atoms with E-state index in [-0.39, 0.29) is 0 Å². The molecular weight excluding hydrogens is 238 g/mol. The molecule has 0 aliphatic rings. The summed E-state index contributed by atoms with van der Waals surface area (Å²) in [6, 6.07) is 13.4. The monoisotopic (exact) mass is 257 g/mol. The maximum atomic E-state index is 9.40. The van der Waals surface area contributed by atoms with Crippen LogP contribution in [0.5, 0.6) is 11.5 Å². The van der Waals surface area contributed by atoms with Gasteiger partial charge in [-0.3, -0.25) is 0 Å². The zero-order valence-electron chi connectivity index (χ0n) is 11.3. The van der Waals surface area contributed by atoms with Gasteiger partial charge in [-0.1, -0.05) is 30.3 Å². The van der Waals surface area contributed by atoms with E-state index >= 15 is 0 Å². The van der Waals surface area contributed by atoms with Crippen LogP contribution >= 0.6 is 0 Å². The fourth-order valence-corrected chi connectivity index (χ4v) is 2.15. The van der Waals surface area contributed by atoms with Gasteiger partial charge in [0.15, 0.2) is 0 Å². The number of para-hydroxylation sites is 1. The second-order valence-corrected chi connectivity index (χ2v) is 4.54. The Bertz CT molecular complexity index is 552. The number of rotatable bonds is 5. The lowest BCUT2D eigenvalue weighted by atomic mass is 10.1. The first-order valence-electron chi connectivity index (χ1n) is 6.32. The quantitative estimate of drug-likeness (QED) is 0.865. The Kier molecular flexibility index (Phi) is 4.42. The molecule has 0 atom stereocenters. The van der Waals surface area contributed by atoms with Crippen molar-refractivity contribution in [3.8, 4) is 11.5 Å². The number of phenolic OH excluding ortho intramolecular Hbond substituents is 1. The van der Waals surface area contributed by atoms with Crippen molar-refractivity contribution in [2.24, 2.45) is 0 Å². The van der Waals surface area contributed by atoms with Crippen LogP contribution in [0.1, 0.15) is 16.7 Å². The van der Waals surface area contributed by atoms with Crippen LogP contribution in [0, 0.1) is 6.92 Å². The summed E-state index contributed by atoms with van der Waals surface area (Å²) < 4.78 is 5.42. The zero-order valence-corrected chi connectivity index (χ0v) is 11.3. The molecule has 2 aromatic carbocycles. The largest absolute Gasteiger partial charge is 0.508 e. The number of hydrogen-bond donors (Lipinski definition) is 2. The van der Waals surface area contributed by atoms with E-state index < -0.39 is 0 Å². The molecular formula is C16H19NO2. The van der Waals surface area contributed by atoms with Gasteiger partial charge in [-0.25, -0.2) is 0 Å². The van der Waals surface area contributed by atoms with Gasteiger partial charge in [-0.15, -0.1) is 0 Å². The van der Waals surface area contributed by atoms with Crippen molar-refractivity contribution >= 4 is 0 Å². The molecule has 0 aromatic heterocycles. The minimum atomic E-state index is 0.299. The average Bonchev–Trinajstić information content (AvgIpc) is 2.39. The SMILES string of the molecule is COc1c(C)cccc1CNCc1cccc(O)c1. The zero-order chi connectivity index (χ0) is 13.7. The van der Waals surface area contributed by atoms with Crippen LogP contribution < -0.4 is 10.1 Å². The molecule has 2 N–H and O–H groups in total. The van der Waals surface area contributed by atoms with Crippen molar-refractivity contribution in [3.05, 3.63) is 59.2 Å². The Morgan fingerprint density at radius 1 is 1.11 bits per heavy atom. The minimum absolute atomic E-state index is 0.299. The van der Waals surface area contributed by atoms with Gasteiger partial charge in [0.2, 0.25) is 0 Å². The first-order chi connectivity index (χ1) is 9.20. The summed E-state index contributed by atoms with van der Waals surface area (Å²) in [5, 5.41) is 12.8. The highest BCUT2D eigenvalue weighted by Crippen LogP contribution is 2.22. The van der Waals surface area contributed by atoms with Crippen molar-refractivity contribution in [2.45, 2.75) is 20.0 Å². The molecule has 2 aromatic rings. The van der Waals surface area contributed by atoms with E-state index in [0.717, 1.165) is 29.0 Å². The van der Waals surface area contributed by atoms with Crippen molar-refractivity contribution in [1.29, 1.82) is 0 Å². The van der Waals surface area contributed by atoms with Gasteiger partial charge >= 0.3 is 0 Å². The van der Waals surface area contributed by atoms with E-state index in [0.29, 0.717) is 12.3 Å². The summed E-state index contributed by atoms with van der Waals surface area (Å²) in [5.41, 5.74) is 3.34. The molecule has 0 heterocycles. The normalized spacial score (nSPS) is 10.4. The lowest BCUT2D eigenvalue weighted by Crippen LogP contribution is -2.13. The fourth-order valence-electron chi connectivity index (χ4n) is 2.15. The molecule has 0 fully saturated rings. The Morgan fingerprint density at radius 2 is 1.89 bits per heavy atom. The highest BCUT2D eigenvalue weighted by Gasteiger charge is 2.05. The predicted octanol–water partition coefficient (Wildman–Crippen LogP) is 3.00. The molecule has 2 rings (SSSR count). The molecule has 0 radical (unpaired) electrons. The molecule has 0 aliphatic carbocycles. The van der Waals surface area contributed by atoms with Crippen LogP contribution in [0.25, 0.3) is 0 Å². The van der Waals surface area contributed by atoms with E-state index in [1.54, 1.807) is 19.2 Å². The van der Waals surface area contributed by atoms with Crippen LogP contribution in [0.15, 0.2) is 42.5 Å². The molecule has 0 saturated heterocycles. The number of aryl methyl sites for hydroxylation is 1. The van der Waals surface area contributed by atoms with Crippen LogP contribution in [0.4, 0.5) is 0 Å². The van der Waals surface area contributed by atoms with Gasteiger partial charge in [-0.05, 0) is 30.2 Å². The second kappa shape index (κ2) is 6.25. The lowest BCUT2D eigenvalue weighted by molar-refractivity contribution is 0.404. The fraction of sp³-hybridized carbons (Fsp3) is 0.250. The van der Waals surface area contributed by atoms with Crippen LogP contribution in [0.2, 0.25) is 0 Å². The number of nitrogens with one attached hydrogen (secondary N) is 1. The maximum absolute atomic E-state index is 9.40. The smallest absolute Gasteiger partial charge is 0.126 e. The van der Waals surface area contributed by atoms with E-state index in [1.807, 2.05) is 31.2 Å². The Hall–Kier alpha value is -2.00. The summed E-state index contributed by atoms with van der Waals surface area (Å²) in [6.45, 7) is 3.49. The van der Waals surface area contributed by atoms with Gasteiger partial charge in [0.05, 0.1) is 7.11 Å². The molecule has 0 spiro atoms. The number of hydrogen-bond acceptors (Lipinski definition) is 3. The van der Waals surface area contributed by atoms with Crippen LogP contribution in [-0.2, 0) is 13.1 Å². The Balaban J connectivity index is 1.98.